The van der Waals surface area contributed by atoms with E-state index in [2.05, 4.69) is 0 Å². The summed E-state index contributed by atoms with van der Waals surface area (Å²) in [5.74, 6) is -23.5. The van der Waals surface area contributed by atoms with E-state index in [-0.39, 0.29) is 39.4 Å². The van der Waals surface area contributed by atoms with Crippen LogP contribution in [0.5, 0.6) is 11.5 Å². The molecule has 1 saturated carbocycles. The van der Waals surface area contributed by atoms with Crippen molar-refractivity contribution in [2.45, 2.75) is 28.5 Å². The summed E-state index contributed by atoms with van der Waals surface area (Å²) in [6.07, 6.45) is 0.579. The molecule has 4 aliphatic rings. The lowest BCUT2D eigenvalue weighted by molar-refractivity contribution is -0.125. The summed E-state index contributed by atoms with van der Waals surface area (Å²) in [5, 5.41) is 30.7. The number of allylic oxidation sites excluding steroid dienone is 2. The molecule has 3 aromatic rings. The van der Waals surface area contributed by atoms with Crippen LogP contribution in [0.1, 0.15) is 24.3 Å². The Labute approximate surface area is 294 Å². The van der Waals surface area contributed by atoms with Crippen molar-refractivity contribution in [3.05, 3.63) is 88.8 Å². The molecular formula is C33H22BCl2F5N2O8. The number of para-hydroxylation sites is 1. The van der Waals surface area contributed by atoms with E-state index < -0.39 is 111 Å². The number of phenolic OH excluding ortho intramolecular Hbond substituents is 1. The minimum atomic E-state index is -2.83. The molecule has 2 saturated heterocycles. The normalized spacial score (nSPS) is 28.5. The predicted molar refractivity (Wildman–Crippen MR) is 170 cm³/mol. The summed E-state index contributed by atoms with van der Waals surface area (Å²) < 4.78 is 78.5. The van der Waals surface area contributed by atoms with Gasteiger partial charge in [0, 0.05) is 11.5 Å². The van der Waals surface area contributed by atoms with Crippen molar-refractivity contribution < 1.29 is 61.0 Å². The summed E-state index contributed by atoms with van der Waals surface area (Å²) in [7, 11) is -0.741. The molecule has 0 radical (unpaired) electrons. The zero-order valence-electron chi connectivity index (χ0n) is 25.8. The summed E-state index contributed by atoms with van der Waals surface area (Å²) in [5.41, 5.74) is -2.07. The fraction of sp³-hybridized carbons (Fsp3) is 0.273. The molecule has 3 N–H and O–H groups in total. The number of hydrogen-bond donors (Lipinski definition) is 3. The van der Waals surface area contributed by atoms with Crippen LogP contribution in [0.4, 0.5) is 33.3 Å². The molecule has 2 aliphatic heterocycles. The van der Waals surface area contributed by atoms with Crippen LogP contribution < -0.4 is 20.0 Å². The van der Waals surface area contributed by atoms with E-state index in [4.69, 9.17) is 27.9 Å². The number of fused-ring (bicyclic) bond motifs is 4. The van der Waals surface area contributed by atoms with Gasteiger partial charge in [-0.05, 0) is 42.4 Å². The van der Waals surface area contributed by atoms with Crippen LogP contribution in [-0.4, -0.2) is 62.8 Å². The number of alkyl halides is 2. The van der Waals surface area contributed by atoms with E-state index in [0.717, 1.165) is 4.90 Å². The van der Waals surface area contributed by atoms with Crippen LogP contribution in [0, 0.1) is 46.8 Å². The standard InChI is InChI=1S/C33H22BCl2F5N2O8/c1-51-18-7-3-6-16(27(18)44)20-14-8-9-15-19(29(46)42(28(15)45)13-5-2-4-12(10-13)34(49)50)17(14)11-32(35)30(47)43(31(48)33(20,32)36)26-24(40)22(38)21(37)23(39)25(26)41/h2-8,10,15,17,19-20,44,49-50H,9,11H2,1H3/t15-,17+,19-,20+,32+,33-/m0/s1. The van der Waals surface area contributed by atoms with E-state index in [1.54, 1.807) is 0 Å². The number of phenols is 1. The Morgan fingerprint density at radius 1 is 0.843 bits per heavy atom. The number of anilines is 2. The van der Waals surface area contributed by atoms with Gasteiger partial charge in [0.25, 0.3) is 11.8 Å². The highest BCUT2D eigenvalue weighted by Crippen LogP contribution is 2.67. The molecule has 18 heteroatoms. The molecule has 3 fully saturated rings. The first kappa shape index (κ1) is 34.9. The van der Waals surface area contributed by atoms with Gasteiger partial charge >= 0.3 is 7.12 Å². The van der Waals surface area contributed by atoms with E-state index in [9.17, 15) is 47.5 Å². The number of rotatable bonds is 5. The second kappa shape index (κ2) is 11.8. The Hall–Kier alpha value is -4.51. The number of imide groups is 2. The van der Waals surface area contributed by atoms with Crippen LogP contribution in [0.3, 0.4) is 0 Å². The molecule has 0 bridgehead atoms. The highest BCUT2D eigenvalue weighted by Gasteiger charge is 2.77. The number of nitrogens with zero attached hydrogens (tertiary/aromatic N) is 2. The average molecular weight is 751 g/mol. The Bertz CT molecular complexity index is 2110. The number of carbonyl (C=O) groups excluding carboxylic acids is 4. The number of ether oxygens (including phenoxy) is 1. The number of benzene rings is 3. The second-order valence-electron chi connectivity index (χ2n) is 12.6. The third-order valence-corrected chi connectivity index (χ3v) is 11.6. The molecule has 0 unspecified atom stereocenters. The number of amides is 4. The first-order valence-electron chi connectivity index (χ1n) is 15.2. The van der Waals surface area contributed by atoms with Crippen molar-refractivity contribution in [1.82, 2.24) is 0 Å². The van der Waals surface area contributed by atoms with Gasteiger partial charge in [0.2, 0.25) is 17.6 Å². The van der Waals surface area contributed by atoms with Gasteiger partial charge in [-0.2, -0.15) is 0 Å². The molecule has 2 aliphatic carbocycles. The Morgan fingerprint density at radius 2 is 1.47 bits per heavy atom. The molecular weight excluding hydrogens is 729 g/mol. The third-order valence-electron chi connectivity index (χ3n) is 10.2. The van der Waals surface area contributed by atoms with Gasteiger partial charge in [-0.3, -0.25) is 24.1 Å². The maximum absolute atomic E-state index is 15.2. The Morgan fingerprint density at radius 3 is 2.10 bits per heavy atom. The molecule has 7 rings (SSSR count). The molecule has 6 atom stereocenters. The molecule has 51 heavy (non-hydrogen) atoms. The highest BCUT2D eigenvalue weighted by molar-refractivity contribution is 6.59. The van der Waals surface area contributed by atoms with Crippen molar-refractivity contribution in [3.8, 4) is 11.5 Å². The summed E-state index contributed by atoms with van der Waals surface area (Å²) >= 11 is 14.2. The summed E-state index contributed by atoms with van der Waals surface area (Å²) in [6, 6.07) is 9.28. The first-order valence-corrected chi connectivity index (χ1v) is 16.0. The first-order chi connectivity index (χ1) is 24.0. The maximum Gasteiger partial charge on any atom is 0.488 e. The van der Waals surface area contributed by atoms with Crippen molar-refractivity contribution in [1.29, 1.82) is 0 Å². The van der Waals surface area contributed by atoms with E-state index in [0.29, 0.717) is 0 Å². The largest absolute Gasteiger partial charge is 0.504 e. The van der Waals surface area contributed by atoms with E-state index in [1.165, 1.54) is 55.7 Å². The zero-order valence-corrected chi connectivity index (χ0v) is 27.4. The number of aromatic hydroxyl groups is 1. The highest BCUT2D eigenvalue weighted by atomic mass is 35.5. The van der Waals surface area contributed by atoms with Gasteiger partial charge in [-0.1, -0.05) is 35.9 Å². The smallest absolute Gasteiger partial charge is 0.488 e. The minimum Gasteiger partial charge on any atom is -0.504 e. The number of hydrogen-bond acceptors (Lipinski definition) is 8. The number of halogens is 7. The van der Waals surface area contributed by atoms with E-state index in [1.807, 2.05) is 0 Å². The topological polar surface area (TPSA) is 145 Å². The molecule has 3 aromatic carbocycles. The fourth-order valence-corrected chi connectivity index (χ4v) is 8.85. The van der Waals surface area contributed by atoms with Crippen molar-refractivity contribution in [3.63, 3.8) is 0 Å². The van der Waals surface area contributed by atoms with Crippen LogP contribution in [0.25, 0.3) is 0 Å². The lowest BCUT2D eigenvalue weighted by Crippen LogP contribution is -2.60. The van der Waals surface area contributed by atoms with Crippen LogP contribution in [0.15, 0.2) is 54.1 Å². The van der Waals surface area contributed by atoms with E-state index >= 15 is 8.78 Å². The number of methoxy groups -OCH3 is 1. The Balaban J connectivity index is 1.43. The fourth-order valence-electron chi connectivity index (χ4n) is 7.93. The van der Waals surface area contributed by atoms with Gasteiger partial charge < -0.3 is 19.9 Å². The van der Waals surface area contributed by atoms with Crippen molar-refractivity contribution in [2.75, 3.05) is 16.9 Å². The maximum atomic E-state index is 15.2. The SMILES string of the molecule is COc1cccc([C@H]2C3=CC[C@@H]4C(=O)N(c5cccc(B(O)O)c5)C(=O)[C@@H]4[C@@H]3C[C@@]3(Cl)C(=O)N(c4c(F)c(F)c(F)c(F)c4F)C(=O)[C@@]23Cl)c1O. The van der Waals surface area contributed by atoms with Crippen molar-refractivity contribution >= 4 is 70.8 Å². The molecule has 10 nitrogen and oxygen atoms in total. The molecule has 0 spiro atoms. The van der Waals surface area contributed by atoms with Gasteiger partial charge in [0.1, 0.15) is 5.69 Å². The quantitative estimate of drug-likeness (QED) is 0.0684. The molecule has 264 valence electrons. The molecule has 0 aromatic heterocycles. The Kier molecular flexibility index (Phi) is 8.06. The summed E-state index contributed by atoms with van der Waals surface area (Å²) in [6.45, 7) is 0. The lowest BCUT2D eigenvalue weighted by atomic mass is 9.56. The van der Waals surface area contributed by atoms with Crippen molar-refractivity contribution in [2.24, 2.45) is 17.8 Å². The van der Waals surface area contributed by atoms with Gasteiger partial charge in [-0.15, -0.1) is 23.2 Å². The second-order valence-corrected chi connectivity index (χ2v) is 13.8. The predicted octanol–water partition coefficient (Wildman–Crippen LogP) is 3.54. The van der Waals surface area contributed by atoms with Gasteiger partial charge in [0.15, 0.2) is 44.5 Å². The lowest BCUT2D eigenvalue weighted by Gasteiger charge is -2.50. The molecule has 2 heterocycles. The zero-order chi connectivity index (χ0) is 37.1. The monoisotopic (exact) mass is 750 g/mol. The average Bonchev–Trinajstić information content (AvgIpc) is 3.45. The number of carbonyl (C=O) groups is 4. The third kappa shape index (κ3) is 4.49. The minimum absolute atomic E-state index is 0.0127. The van der Waals surface area contributed by atoms with Crippen LogP contribution in [0.2, 0.25) is 0 Å². The van der Waals surface area contributed by atoms with Gasteiger partial charge in [0.05, 0.1) is 24.6 Å². The summed E-state index contributed by atoms with van der Waals surface area (Å²) in [4.78, 5) is 51.6. The molecule has 4 amide bonds. The van der Waals surface area contributed by atoms with Crippen LogP contribution >= 0.6 is 23.2 Å². The van der Waals surface area contributed by atoms with Gasteiger partial charge in [-0.25, -0.2) is 26.9 Å². The van der Waals surface area contributed by atoms with Crippen LogP contribution in [-0.2, 0) is 19.2 Å².